The predicted molar refractivity (Wildman–Crippen MR) is 101 cm³/mol. The van der Waals surface area contributed by atoms with Gasteiger partial charge in [-0.15, -0.1) is 0 Å². The maximum Gasteiger partial charge on any atom is 0.223 e. The van der Waals surface area contributed by atoms with Crippen molar-refractivity contribution in [2.24, 2.45) is 11.7 Å². The smallest absolute Gasteiger partial charge is 0.223 e. The van der Waals surface area contributed by atoms with E-state index < -0.39 is 0 Å². The van der Waals surface area contributed by atoms with Crippen LogP contribution in [0.25, 0.3) is 0 Å². The van der Waals surface area contributed by atoms with E-state index in [0.29, 0.717) is 6.42 Å². The Morgan fingerprint density at radius 1 is 0.840 bits per heavy atom. The van der Waals surface area contributed by atoms with Crippen molar-refractivity contribution >= 4 is 11.8 Å². The van der Waals surface area contributed by atoms with Crippen molar-refractivity contribution in [3.63, 3.8) is 0 Å². The fraction of sp³-hybridized carbons (Fsp3) is 0.900. The molecule has 0 atom stereocenters. The zero-order valence-corrected chi connectivity index (χ0v) is 15.9. The molecule has 0 heterocycles. The van der Waals surface area contributed by atoms with E-state index in [4.69, 9.17) is 10.5 Å². The van der Waals surface area contributed by atoms with Gasteiger partial charge in [-0.1, -0.05) is 44.9 Å². The molecule has 0 unspecified atom stereocenters. The Morgan fingerprint density at radius 3 is 2.12 bits per heavy atom. The largest absolute Gasteiger partial charge is 0.381 e. The first-order valence-electron chi connectivity index (χ1n) is 10.3. The maximum absolute atomic E-state index is 12.0. The number of carbonyl (C=O) groups excluding carboxylic acids is 2. The molecule has 1 aliphatic rings. The average molecular weight is 355 g/mol. The molecule has 5 nitrogen and oxygen atoms in total. The molecule has 5 heteroatoms. The van der Waals surface area contributed by atoms with Crippen molar-refractivity contribution in [2.75, 3.05) is 19.8 Å². The first-order valence-corrected chi connectivity index (χ1v) is 10.3. The van der Waals surface area contributed by atoms with Gasteiger partial charge in [-0.25, -0.2) is 0 Å². The van der Waals surface area contributed by atoms with Gasteiger partial charge in [0.15, 0.2) is 0 Å². The molecule has 1 aliphatic carbocycles. The lowest BCUT2D eigenvalue weighted by atomic mass is 9.89. The zero-order chi connectivity index (χ0) is 18.2. The minimum atomic E-state index is -0.213. The number of unbranched alkanes of at least 4 members (excludes halogenated alkanes) is 6. The van der Waals surface area contributed by atoms with E-state index >= 15 is 0 Å². The van der Waals surface area contributed by atoms with Crippen LogP contribution in [0.4, 0.5) is 0 Å². The van der Waals surface area contributed by atoms with Crippen LogP contribution in [0.15, 0.2) is 0 Å². The van der Waals surface area contributed by atoms with Gasteiger partial charge in [-0.2, -0.15) is 0 Å². The summed E-state index contributed by atoms with van der Waals surface area (Å²) in [6, 6.07) is 0. The molecule has 25 heavy (non-hydrogen) atoms. The lowest BCUT2D eigenvalue weighted by molar-refractivity contribution is -0.126. The Balaban J connectivity index is 1.75. The van der Waals surface area contributed by atoms with Crippen molar-refractivity contribution < 1.29 is 14.3 Å². The van der Waals surface area contributed by atoms with Crippen molar-refractivity contribution in [3.05, 3.63) is 0 Å². The molecule has 0 aromatic heterocycles. The van der Waals surface area contributed by atoms with Gasteiger partial charge in [0.2, 0.25) is 11.8 Å². The fourth-order valence-corrected chi connectivity index (χ4v) is 3.36. The molecule has 0 saturated heterocycles. The highest BCUT2D eigenvalue weighted by molar-refractivity contribution is 5.78. The zero-order valence-electron chi connectivity index (χ0n) is 15.9. The molecule has 0 radical (unpaired) electrons. The van der Waals surface area contributed by atoms with Crippen LogP contribution in [0.2, 0.25) is 0 Å². The number of rotatable bonds is 15. The number of primary amides is 1. The summed E-state index contributed by atoms with van der Waals surface area (Å²) >= 11 is 0. The minimum Gasteiger partial charge on any atom is -0.381 e. The number of hydrogen-bond acceptors (Lipinski definition) is 3. The van der Waals surface area contributed by atoms with Gasteiger partial charge in [0.25, 0.3) is 0 Å². The van der Waals surface area contributed by atoms with Crippen LogP contribution < -0.4 is 11.1 Å². The highest BCUT2D eigenvalue weighted by Gasteiger charge is 2.20. The quantitative estimate of drug-likeness (QED) is 0.440. The van der Waals surface area contributed by atoms with Crippen LogP contribution in [0.3, 0.4) is 0 Å². The molecule has 2 amide bonds. The van der Waals surface area contributed by atoms with Crippen LogP contribution >= 0.6 is 0 Å². The van der Waals surface area contributed by atoms with Gasteiger partial charge < -0.3 is 15.8 Å². The van der Waals surface area contributed by atoms with E-state index in [-0.39, 0.29) is 17.7 Å². The molecule has 0 aromatic carbocycles. The van der Waals surface area contributed by atoms with Crippen LogP contribution in [0, 0.1) is 5.92 Å². The Morgan fingerprint density at radius 2 is 1.44 bits per heavy atom. The van der Waals surface area contributed by atoms with Gasteiger partial charge in [0, 0.05) is 32.1 Å². The first kappa shape index (κ1) is 21.9. The Labute approximate surface area is 153 Å². The molecular weight excluding hydrogens is 316 g/mol. The fourth-order valence-electron chi connectivity index (χ4n) is 3.36. The third kappa shape index (κ3) is 12.9. The molecule has 1 saturated carbocycles. The third-order valence-electron chi connectivity index (χ3n) is 4.95. The van der Waals surface area contributed by atoms with Crippen LogP contribution in [0.5, 0.6) is 0 Å². The molecule has 1 fully saturated rings. The Kier molecular flexibility index (Phi) is 13.3. The summed E-state index contributed by atoms with van der Waals surface area (Å²) < 4.78 is 5.59. The number of ether oxygens (including phenoxy) is 1. The highest BCUT2D eigenvalue weighted by Crippen LogP contribution is 2.23. The number of hydrogen-bond donors (Lipinski definition) is 2. The van der Waals surface area contributed by atoms with Crippen molar-refractivity contribution in [2.45, 2.75) is 89.9 Å². The average Bonchev–Trinajstić information content (AvgIpc) is 2.62. The van der Waals surface area contributed by atoms with Gasteiger partial charge in [0.05, 0.1) is 0 Å². The predicted octanol–water partition coefficient (Wildman–Crippen LogP) is 3.70. The van der Waals surface area contributed by atoms with Gasteiger partial charge >= 0.3 is 0 Å². The summed E-state index contributed by atoms with van der Waals surface area (Å²) in [5.74, 6) is 0.347. The van der Waals surface area contributed by atoms with Crippen molar-refractivity contribution in [1.82, 2.24) is 5.32 Å². The lowest BCUT2D eigenvalue weighted by Gasteiger charge is -2.20. The van der Waals surface area contributed by atoms with Crippen molar-refractivity contribution in [3.8, 4) is 0 Å². The van der Waals surface area contributed by atoms with E-state index in [1.54, 1.807) is 0 Å². The summed E-state index contributed by atoms with van der Waals surface area (Å²) in [4.78, 5) is 22.6. The molecule has 0 spiro atoms. The van der Waals surface area contributed by atoms with E-state index in [9.17, 15) is 9.59 Å². The second-order valence-corrected chi connectivity index (χ2v) is 7.28. The van der Waals surface area contributed by atoms with Crippen molar-refractivity contribution in [1.29, 1.82) is 0 Å². The van der Waals surface area contributed by atoms with Gasteiger partial charge in [-0.3, -0.25) is 9.59 Å². The number of nitrogens with two attached hydrogens (primary N) is 1. The molecule has 146 valence electrons. The van der Waals surface area contributed by atoms with E-state index in [1.165, 1.54) is 38.5 Å². The summed E-state index contributed by atoms with van der Waals surface area (Å²) in [6.45, 7) is 2.44. The van der Waals surface area contributed by atoms with Crippen LogP contribution in [-0.4, -0.2) is 31.6 Å². The topological polar surface area (TPSA) is 81.4 Å². The summed E-state index contributed by atoms with van der Waals surface area (Å²) in [6.07, 6.45) is 15.0. The van der Waals surface area contributed by atoms with E-state index in [1.807, 2.05) is 0 Å². The number of carbonyl (C=O) groups is 2. The van der Waals surface area contributed by atoms with Crippen LogP contribution in [0.1, 0.15) is 89.9 Å². The van der Waals surface area contributed by atoms with E-state index in [0.717, 1.165) is 64.7 Å². The summed E-state index contributed by atoms with van der Waals surface area (Å²) in [7, 11) is 0. The number of amides is 2. The first-order chi connectivity index (χ1) is 12.2. The third-order valence-corrected chi connectivity index (χ3v) is 4.95. The number of nitrogens with one attached hydrogen (secondary N) is 1. The normalized spacial score (nSPS) is 15.2. The SMILES string of the molecule is NC(=O)CCCCCOCCCCCCCNC(=O)C1CCCCC1. The highest BCUT2D eigenvalue weighted by atomic mass is 16.5. The lowest BCUT2D eigenvalue weighted by Crippen LogP contribution is -2.32. The molecule has 3 N–H and O–H groups in total. The minimum absolute atomic E-state index is 0.213. The molecule has 0 bridgehead atoms. The Hall–Kier alpha value is -1.10. The summed E-state index contributed by atoms with van der Waals surface area (Å²) in [5.41, 5.74) is 5.09. The molecular formula is C20H38N2O3. The molecule has 0 aliphatic heterocycles. The van der Waals surface area contributed by atoms with E-state index in [2.05, 4.69) is 5.32 Å². The monoisotopic (exact) mass is 354 g/mol. The Bertz CT molecular complexity index is 355. The van der Waals surface area contributed by atoms with Gasteiger partial charge in [-0.05, 0) is 38.5 Å². The van der Waals surface area contributed by atoms with Gasteiger partial charge in [0.1, 0.15) is 0 Å². The second-order valence-electron chi connectivity index (χ2n) is 7.28. The van der Waals surface area contributed by atoms with Crippen LogP contribution in [-0.2, 0) is 14.3 Å². The molecule has 1 rings (SSSR count). The maximum atomic E-state index is 12.0. The standard InChI is InChI=1S/C20H38N2O3/c21-19(23)14-8-5-11-17-25-16-10-3-1-2-9-15-22-20(24)18-12-6-4-7-13-18/h18H,1-17H2,(H2,21,23)(H,22,24). The molecule has 0 aromatic rings. The summed E-state index contributed by atoms with van der Waals surface area (Å²) in [5, 5.41) is 3.10. The second kappa shape index (κ2) is 15.2.